The number of piperazine rings is 1. The van der Waals surface area contributed by atoms with E-state index in [1.54, 1.807) is 0 Å². The van der Waals surface area contributed by atoms with Gasteiger partial charge >= 0.3 is 0 Å². The summed E-state index contributed by atoms with van der Waals surface area (Å²) >= 11 is 0. The first-order chi connectivity index (χ1) is 8.79. The molecular formula is C14H25N3O. The average molecular weight is 251 g/mol. The maximum Gasteiger partial charge on any atom is 0.121 e. The Labute approximate surface area is 110 Å². The first kappa shape index (κ1) is 13.6. The molecule has 0 saturated carbocycles. The molecule has 1 atom stereocenters. The quantitative estimate of drug-likeness (QED) is 0.804. The molecule has 4 heteroatoms. The Kier molecular flexibility index (Phi) is 5.23. The molecule has 0 aromatic carbocycles. The van der Waals surface area contributed by atoms with Gasteiger partial charge in [-0.05, 0) is 45.5 Å². The molecule has 2 heterocycles. The van der Waals surface area contributed by atoms with Gasteiger partial charge in [0.25, 0.3) is 0 Å². The van der Waals surface area contributed by atoms with Gasteiger partial charge in [-0.1, -0.05) is 0 Å². The van der Waals surface area contributed by atoms with Crippen LogP contribution in [0.1, 0.15) is 30.4 Å². The van der Waals surface area contributed by atoms with Crippen LogP contribution in [0.5, 0.6) is 0 Å². The third kappa shape index (κ3) is 3.83. The van der Waals surface area contributed by atoms with E-state index < -0.39 is 0 Å². The largest absolute Gasteiger partial charge is 0.465 e. The monoisotopic (exact) mass is 251 g/mol. The third-order valence-corrected chi connectivity index (χ3v) is 3.63. The molecule has 1 aliphatic rings. The van der Waals surface area contributed by atoms with Gasteiger partial charge in [-0.15, -0.1) is 0 Å². The smallest absolute Gasteiger partial charge is 0.121 e. The fourth-order valence-corrected chi connectivity index (χ4v) is 2.52. The SMILES string of the molecule is CNC(CCCN1CCNCC1)c1ccc(C)o1. The molecule has 1 saturated heterocycles. The molecule has 1 unspecified atom stereocenters. The summed E-state index contributed by atoms with van der Waals surface area (Å²) in [6, 6.07) is 4.47. The fourth-order valence-electron chi connectivity index (χ4n) is 2.52. The van der Waals surface area contributed by atoms with Gasteiger partial charge < -0.3 is 20.0 Å². The lowest BCUT2D eigenvalue weighted by Gasteiger charge is -2.27. The van der Waals surface area contributed by atoms with Crippen LogP contribution < -0.4 is 10.6 Å². The Balaban J connectivity index is 1.73. The highest BCUT2D eigenvalue weighted by atomic mass is 16.3. The number of hydrogen-bond donors (Lipinski definition) is 2. The van der Waals surface area contributed by atoms with Crippen molar-refractivity contribution in [3.8, 4) is 0 Å². The molecule has 0 amide bonds. The van der Waals surface area contributed by atoms with Crippen molar-refractivity contribution >= 4 is 0 Å². The number of aryl methyl sites for hydroxylation is 1. The topological polar surface area (TPSA) is 40.4 Å². The second-order valence-corrected chi connectivity index (χ2v) is 5.02. The van der Waals surface area contributed by atoms with Crippen LogP contribution in [0.15, 0.2) is 16.5 Å². The van der Waals surface area contributed by atoms with Gasteiger partial charge in [-0.25, -0.2) is 0 Å². The molecule has 102 valence electrons. The lowest BCUT2D eigenvalue weighted by molar-refractivity contribution is 0.231. The van der Waals surface area contributed by atoms with E-state index in [4.69, 9.17) is 4.42 Å². The first-order valence-electron chi connectivity index (χ1n) is 6.96. The van der Waals surface area contributed by atoms with Gasteiger partial charge in [-0.3, -0.25) is 0 Å². The third-order valence-electron chi connectivity index (χ3n) is 3.63. The van der Waals surface area contributed by atoms with Gasteiger partial charge in [0.15, 0.2) is 0 Å². The minimum atomic E-state index is 0.349. The highest BCUT2D eigenvalue weighted by Crippen LogP contribution is 2.20. The summed E-state index contributed by atoms with van der Waals surface area (Å²) in [4.78, 5) is 2.54. The van der Waals surface area contributed by atoms with Crippen LogP contribution in [-0.2, 0) is 0 Å². The predicted octanol–water partition coefficient (Wildman–Crippen LogP) is 1.53. The summed E-state index contributed by atoms with van der Waals surface area (Å²) in [5.41, 5.74) is 0. The van der Waals surface area contributed by atoms with Crippen molar-refractivity contribution < 1.29 is 4.42 Å². The van der Waals surface area contributed by atoms with E-state index in [9.17, 15) is 0 Å². The minimum Gasteiger partial charge on any atom is -0.465 e. The molecular weight excluding hydrogens is 226 g/mol. The van der Waals surface area contributed by atoms with Crippen LogP contribution in [0.25, 0.3) is 0 Å². The van der Waals surface area contributed by atoms with E-state index in [2.05, 4.69) is 21.6 Å². The maximum atomic E-state index is 5.69. The van der Waals surface area contributed by atoms with Crippen molar-refractivity contribution in [1.82, 2.24) is 15.5 Å². The van der Waals surface area contributed by atoms with Crippen LogP contribution in [0.4, 0.5) is 0 Å². The van der Waals surface area contributed by atoms with E-state index >= 15 is 0 Å². The average Bonchev–Trinajstić information content (AvgIpc) is 2.82. The highest BCUT2D eigenvalue weighted by molar-refractivity contribution is 5.09. The molecule has 18 heavy (non-hydrogen) atoms. The van der Waals surface area contributed by atoms with E-state index in [0.717, 1.165) is 31.0 Å². The van der Waals surface area contributed by atoms with E-state index in [1.807, 2.05) is 20.0 Å². The second-order valence-electron chi connectivity index (χ2n) is 5.02. The van der Waals surface area contributed by atoms with Gasteiger partial charge in [0.2, 0.25) is 0 Å². The number of furan rings is 1. The molecule has 1 aliphatic heterocycles. The van der Waals surface area contributed by atoms with Crippen LogP contribution >= 0.6 is 0 Å². The zero-order chi connectivity index (χ0) is 12.8. The molecule has 0 spiro atoms. The Morgan fingerprint density at radius 2 is 2.17 bits per heavy atom. The summed E-state index contributed by atoms with van der Waals surface area (Å²) < 4.78 is 5.69. The zero-order valence-corrected chi connectivity index (χ0v) is 11.5. The molecule has 0 radical (unpaired) electrons. The Hall–Kier alpha value is -0.840. The standard InChI is InChI=1S/C14H25N3O/c1-12-5-6-14(18-12)13(15-2)4-3-9-17-10-7-16-8-11-17/h5-6,13,15-16H,3-4,7-11H2,1-2H3. The summed E-state index contributed by atoms with van der Waals surface area (Å²) in [5.74, 6) is 2.06. The number of rotatable bonds is 6. The number of nitrogens with zero attached hydrogens (tertiary/aromatic N) is 1. The summed E-state index contributed by atoms with van der Waals surface area (Å²) in [6.07, 6.45) is 2.35. The molecule has 2 N–H and O–H groups in total. The first-order valence-corrected chi connectivity index (χ1v) is 6.96. The fraction of sp³-hybridized carbons (Fsp3) is 0.714. The second kappa shape index (κ2) is 6.92. The summed E-state index contributed by atoms with van der Waals surface area (Å²) in [5, 5.41) is 6.73. The molecule has 2 rings (SSSR count). The van der Waals surface area contributed by atoms with Gasteiger partial charge in [0.05, 0.1) is 6.04 Å². The van der Waals surface area contributed by atoms with Crippen molar-refractivity contribution in [1.29, 1.82) is 0 Å². The molecule has 0 bridgehead atoms. The van der Waals surface area contributed by atoms with Crippen LogP contribution in [0.2, 0.25) is 0 Å². The Bertz CT molecular complexity index is 345. The summed E-state index contributed by atoms with van der Waals surface area (Å²) in [6.45, 7) is 7.82. The zero-order valence-electron chi connectivity index (χ0n) is 11.5. The normalized spacial score (nSPS) is 19.0. The van der Waals surface area contributed by atoms with Crippen molar-refractivity contribution in [3.63, 3.8) is 0 Å². The van der Waals surface area contributed by atoms with Crippen molar-refractivity contribution in [3.05, 3.63) is 23.7 Å². The lowest BCUT2D eigenvalue weighted by Crippen LogP contribution is -2.43. The van der Waals surface area contributed by atoms with Crippen LogP contribution in [0.3, 0.4) is 0 Å². The summed E-state index contributed by atoms with van der Waals surface area (Å²) in [7, 11) is 2.01. The van der Waals surface area contributed by atoms with E-state index in [0.29, 0.717) is 6.04 Å². The molecule has 1 fully saturated rings. The van der Waals surface area contributed by atoms with Crippen molar-refractivity contribution in [2.45, 2.75) is 25.8 Å². The van der Waals surface area contributed by atoms with Gasteiger partial charge in [0.1, 0.15) is 11.5 Å². The molecule has 1 aromatic heterocycles. The Morgan fingerprint density at radius 3 is 2.78 bits per heavy atom. The Morgan fingerprint density at radius 1 is 1.39 bits per heavy atom. The molecule has 1 aromatic rings. The highest BCUT2D eigenvalue weighted by Gasteiger charge is 2.14. The van der Waals surface area contributed by atoms with Gasteiger partial charge in [0, 0.05) is 26.2 Å². The molecule has 0 aliphatic carbocycles. The van der Waals surface area contributed by atoms with Gasteiger partial charge in [-0.2, -0.15) is 0 Å². The van der Waals surface area contributed by atoms with Crippen LogP contribution in [0, 0.1) is 6.92 Å². The maximum absolute atomic E-state index is 5.69. The minimum absolute atomic E-state index is 0.349. The number of nitrogens with one attached hydrogen (secondary N) is 2. The molecule has 4 nitrogen and oxygen atoms in total. The van der Waals surface area contributed by atoms with E-state index in [-0.39, 0.29) is 0 Å². The van der Waals surface area contributed by atoms with Crippen molar-refractivity contribution in [2.24, 2.45) is 0 Å². The van der Waals surface area contributed by atoms with E-state index in [1.165, 1.54) is 26.1 Å². The lowest BCUT2D eigenvalue weighted by atomic mass is 10.1. The number of hydrogen-bond acceptors (Lipinski definition) is 4. The predicted molar refractivity (Wildman–Crippen MR) is 73.8 cm³/mol. The van der Waals surface area contributed by atoms with Crippen LogP contribution in [-0.4, -0.2) is 44.7 Å². The van der Waals surface area contributed by atoms with Crippen molar-refractivity contribution in [2.75, 3.05) is 39.8 Å².